The average molecular weight is 241 g/mol. The van der Waals surface area contributed by atoms with Gasteiger partial charge < -0.3 is 11.1 Å². The molecule has 1 saturated heterocycles. The number of likely N-dealkylation sites (N-methyl/N-ethyl adjacent to an activating group) is 1. The van der Waals surface area contributed by atoms with Gasteiger partial charge in [0.1, 0.15) is 0 Å². The number of nitrogens with two attached hydrogens (primary N) is 1. The molecule has 0 aromatic heterocycles. The number of hydrogen-bond donors (Lipinski definition) is 2. The van der Waals surface area contributed by atoms with Crippen molar-refractivity contribution in [2.45, 2.75) is 58.0 Å². The molecule has 1 aliphatic rings. The second-order valence-electron chi connectivity index (χ2n) is 5.88. The molecule has 17 heavy (non-hydrogen) atoms. The quantitative estimate of drug-likeness (QED) is 0.732. The van der Waals surface area contributed by atoms with Crippen LogP contribution in [0.3, 0.4) is 0 Å². The maximum absolute atomic E-state index is 11.5. The minimum absolute atomic E-state index is 0.253. The number of nitrogens with zero attached hydrogens (tertiary/aromatic N) is 1. The van der Waals surface area contributed by atoms with E-state index >= 15 is 0 Å². The molecule has 1 unspecified atom stereocenters. The van der Waals surface area contributed by atoms with Gasteiger partial charge in [0.25, 0.3) is 0 Å². The second kappa shape index (κ2) is 5.36. The summed E-state index contributed by atoms with van der Waals surface area (Å²) >= 11 is 0. The summed E-state index contributed by atoms with van der Waals surface area (Å²) in [5.74, 6) is -0.253. The minimum Gasteiger partial charge on any atom is -0.368 e. The molecule has 4 heteroatoms. The SMILES string of the molecule is CCNC(C)(CCN1CCCC1(C)C)C(N)=O. The van der Waals surface area contributed by atoms with E-state index < -0.39 is 5.54 Å². The molecule has 1 atom stereocenters. The molecule has 0 aromatic carbocycles. The third-order valence-electron chi connectivity index (χ3n) is 4.07. The fourth-order valence-corrected chi connectivity index (χ4v) is 2.63. The molecule has 0 spiro atoms. The van der Waals surface area contributed by atoms with E-state index in [1.807, 2.05) is 13.8 Å². The Hall–Kier alpha value is -0.610. The van der Waals surface area contributed by atoms with Crippen LogP contribution >= 0.6 is 0 Å². The summed E-state index contributed by atoms with van der Waals surface area (Å²) in [5, 5.41) is 3.21. The minimum atomic E-state index is -0.576. The Bertz CT molecular complexity index is 278. The Morgan fingerprint density at radius 2 is 2.18 bits per heavy atom. The highest BCUT2D eigenvalue weighted by Gasteiger charge is 2.35. The van der Waals surface area contributed by atoms with Crippen molar-refractivity contribution in [2.75, 3.05) is 19.6 Å². The molecular formula is C13H27N3O. The maximum atomic E-state index is 11.5. The van der Waals surface area contributed by atoms with E-state index in [0.29, 0.717) is 0 Å². The summed E-state index contributed by atoms with van der Waals surface area (Å²) in [6.07, 6.45) is 3.27. The summed E-state index contributed by atoms with van der Waals surface area (Å²) in [6, 6.07) is 0. The van der Waals surface area contributed by atoms with Gasteiger partial charge in [-0.3, -0.25) is 9.69 Å². The third kappa shape index (κ3) is 3.42. The smallest absolute Gasteiger partial charge is 0.237 e. The van der Waals surface area contributed by atoms with Gasteiger partial charge >= 0.3 is 0 Å². The van der Waals surface area contributed by atoms with Crippen molar-refractivity contribution in [1.29, 1.82) is 0 Å². The van der Waals surface area contributed by atoms with E-state index in [1.165, 1.54) is 12.8 Å². The van der Waals surface area contributed by atoms with E-state index in [9.17, 15) is 4.79 Å². The molecule has 0 aliphatic carbocycles. The van der Waals surface area contributed by atoms with Crippen LogP contribution in [-0.4, -0.2) is 41.5 Å². The first-order chi connectivity index (χ1) is 7.82. The zero-order valence-corrected chi connectivity index (χ0v) is 11.7. The Morgan fingerprint density at radius 3 is 2.59 bits per heavy atom. The van der Waals surface area contributed by atoms with Crippen LogP contribution in [0.2, 0.25) is 0 Å². The summed E-state index contributed by atoms with van der Waals surface area (Å²) < 4.78 is 0. The van der Waals surface area contributed by atoms with Crippen LogP contribution < -0.4 is 11.1 Å². The molecule has 3 N–H and O–H groups in total. The number of nitrogens with one attached hydrogen (secondary N) is 1. The molecule has 1 heterocycles. The number of likely N-dealkylation sites (tertiary alicyclic amines) is 1. The van der Waals surface area contributed by atoms with Crippen molar-refractivity contribution in [2.24, 2.45) is 5.73 Å². The van der Waals surface area contributed by atoms with Crippen LogP contribution in [0.4, 0.5) is 0 Å². The molecule has 1 aliphatic heterocycles. The largest absolute Gasteiger partial charge is 0.368 e. The first-order valence-corrected chi connectivity index (χ1v) is 6.62. The zero-order valence-electron chi connectivity index (χ0n) is 11.7. The number of hydrogen-bond acceptors (Lipinski definition) is 3. The van der Waals surface area contributed by atoms with Crippen LogP contribution in [0.1, 0.15) is 47.0 Å². The first kappa shape index (κ1) is 14.5. The third-order valence-corrected chi connectivity index (χ3v) is 4.07. The van der Waals surface area contributed by atoms with E-state index in [-0.39, 0.29) is 11.4 Å². The van der Waals surface area contributed by atoms with Crippen molar-refractivity contribution in [3.63, 3.8) is 0 Å². The Labute approximate surface area is 105 Å². The van der Waals surface area contributed by atoms with E-state index in [0.717, 1.165) is 26.1 Å². The van der Waals surface area contributed by atoms with Gasteiger partial charge in [-0.05, 0) is 53.1 Å². The fraction of sp³-hybridized carbons (Fsp3) is 0.923. The Morgan fingerprint density at radius 1 is 1.53 bits per heavy atom. The first-order valence-electron chi connectivity index (χ1n) is 6.62. The molecule has 1 fully saturated rings. The van der Waals surface area contributed by atoms with Crippen LogP contribution in [0.5, 0.6) is 0 Å². The van der Waals surface area contributed by atoms with Crippen molar-refractivity contribution in [1.82, 2.24) is 10.2 Å². The molecule has 1 amide bonds. The molecule has 0 aromatic rings. The van der Waals surface area contributed by atoms with Crippen LogP contribution in [0.15, 0.2) is 0 Å². The predicted octanol–water partition coefficient (Wildman–Crippen LogP) is 1.10. The van der Waals surface area contributed by atoms with Gasteiger partial charge in [-0.2, -0.15) is 0 Å². The van der Waals surface area contributed by atoms with Crippen molar-refractivity contribution in [3.8, 4) is 0 Å². The lowest BCUT2D eigenvalue weighted by Gasteiger charge is -2.35. The number of rotatable bonds is 6. The lowest BCUT2D eigenvalue weighted by Crippen LogP contribution is -2.55. The van der Waals surface area contributed by atoms with Crippen LogP contribution in [0.25, 0.3) is 0 Å². The normalized spacial score (nSPS) is 23.5. The number of amides is 1. The standard InChI is InChI=1S/C13H27N3O/c1-5-15-13(4,11(14)17)8-10-16-9-6-7-12(16,2)3/h15H,5-10H2,1-4H3,(H2,14,17). The van der Waals surface area contributed by atoms with Crippen LogP contribution in [-0.2, 0) is 4.79 Å². The molecule has 0 bridgehead atoms. The summed E-state index contributed by atoms with van der Waals surface area (Å²) in [5.41, 5.74) is 5.18. The lowest BCUT2D eigenvalue weighted by molar-refractivity contribution is -0.124. The van der Waals surface area contributed by atoms with Gasteiger partial charge in [0, 0.05) is 12.1 Å². The number of carbonyl (C=O) groups excluding carboxylic acids is 1. The zero-order chi connectivity index (χ0) is 13.1. The second-order valence-corrected chi connectivity index (χ2v) is 5.88. The van der Waals surface area contributed by atoms with Gasteiger partial charge in [0.15, 0.2) is 0 Å². The molecule has 100 valence electrons. The summed E-state index contributed by atoms with van der Waals surface area (Å²) in [6.45, 7) is 11.3. The van der Waals surface area contributed by atoms with Crippen molar-refractivity contribution < 1.29 is 4.79 Å². The highest BCUT2D eigenvalue weighted by molar-refractivity contribution is 5.84. The number of primary amides is 1. The molecular weight excluding hydrogens is 214 g/mol. The highest BCUT2D eigenvalue weighted by atomic mass is 16.1. The van der Waals surface area contributed by atoms with Crippen LogP contribution in [0, 0.1) is 0 Å². The van der Waals surface area contributed by atoms with Crippen molar-refractivity contribution in [3.05, 3.63) is 0 Å². The van der Waals surface area contributed by atoms with Crippen molar-refractivity contribution >= 4 is 5.91 Å². The maximum Gasteiger partial charge on any atom is 0.237 e. The lowest BCUT2D eigenvalue weighted by atomic mass is 9.95. The summed E-state index contributed by atoms with van der Waals surface area (Å²) in [7, 11) is 0. The average Bonchev–Trinajstić information content (AvgIpc) is 2.55. The fourth-order valence-electron chi connectivity index (χ4n) is 2.63. The highest BCUT2D eigenvalue weighted by Crippen LogP contribution is 2.28. The van der Waals surface area contributed by atoms with E-state index in [2.05, 4.69) is 24.1 Å². The predicted molar refractivity (Wildman–Crippen MR) is 70.8 cm³/mol. The van der Waals surface area contributed by atoms with Gasteiger partial charge in [0.2, 0.25) is 5.91 Å². The van der Waals surface area contributed by atoms with Gasteiger partial charge in [-0.1, -0.05) is 6.92 Å². The van der Waals surface area contributed by atoms with Gasteiger partial charge in [0.05, 0.1) is 5.54 Å². The Kier molecular flexibility index (Phi) is 4.55. The molecule has 0 radical (unpaired) electrons. The van der Waals surface area contributed by atoms with Gasteiger partial charge in [-0.15, -0.1) is 0 Å². The number of carbonyl (C=O) groups is 1. The van der Waals surface area contributed by atoms with Gasteiger partial charge in [-0.25, -0.2) is 0 Å². The topological polar surface area (TPSA) is 58.4 Å². The van der Waals surface area contributed by atoms with E-state index in [4.69, 9.17) is 5.73 Å². The molecule has 1 rings (SSSR count). The molecule has 4 nitrogen and oxygen atoms in total. The van der Waals surface area contributed by atoms with E-state index in [1.54, 1.807) is 0 Å². The molecule has 0 saturated carbocycles. The monoisotopic (exact) mass is 241 g/mol. The Balaban J connectivity index is 2.55. The summed E-state index contributed by atoms with van der Waals surface area (Å²) in [4.78, 5) is 14.0.